The lowest BCUT2D eigenvalue weighted by Crippen LogP contribution is -2.53. The van der Waals surface area contributed by atoms with E-state index < -0.39 is 7.14 Å². The molecule has 1 aliphatic carbocycles. The first-order valence-corrected chi connectivity index (χ1v) is 14.5. The van der Waals surface area contributed by atoms with Crippen molar-refractivity contribution in [2.45, 2.75) is 24.9 Å². The molecule has 3 aromatic rings. The number of anilines is 4. The van der Waals surface area contributed by atoms with Crippen molar-refractivity contribution in [2.75, 3.05) is 50.1 Å². The fourth-order valence-corrected chi connectivity index (χ4v) is 5.84. The van der Waals surface area contributed by atoms with Crippen LogP contribution in [0.3, 0.4) is 0 Å². The Hall–Kier alpha value is -2.45. The van der Waals surface area contributed by atoms with Gasteiger partial charge in [0.25, 0.3) is 0 Å². The molecule has 9 nitrogen and oxygen atoms in total. The van der Waals surface area contributed by atoms with Gasteiger partial charge in [-0.25, -0.2) is 4.98 Å². The molecule has 1 aliphatic heterocycles. The molecule has 1 aromatic carbocycles. The standard InChI is InChI=1S/C23H30ClN8OP/c1-34(2,33)21-6-4-3-5-20(21)29-22-19(24)14-26-23(30-22)28-16-13-27-32(15-16)18-11-17(12-18)31-9-7-25-8-10-31/h3-6,13-15,17-18,25H,7-12H2,1-2H3,(H2,26,28,29,30). The molecule has 1 saturated heterocycles. The summed E-state index contributed by atoms with van der Waals surface area (Å²) in [6.07, 6.45) is 7.61. The van der Waals surface area contributed by atoms with Crippen LogP contribution < -0.4 is 21.3 Å². The van der Waals surface area contributed by atoms with Crippen molar-refractivity contribution in [1.29, 1.82) is 0 Å². The Labute approximate surface area is 204 Å². The summed E-state index contributed by atoms with van der Waals surface area (Å²) in [4.78, 5) is 11.4. The summed E-state index contributed by atoms with van der Waals surface area (Å²) in [6, 6.07) is 8.58. The van der Waals surface area contributed by atoms with Crippen LogP contribution in [0.2, 0.25) is 5.02 Å². The maximum Gasteiger partial charge on any atom is 0.229 e. The first-order chi connectivity index (χ1) is 16.4. The maximum atomic E-state index is 12.7. The second kappa shape index (κ2) is 9.66. The van der Waals surface area contributed by atoms with Gasteiger partial charge in [0.05, 0.1) is 29.8 Å². The van der Waals surface area contributed by atoms with E-state index in [4.69, 9.17) is 11.6 Å². The maximum absolute atomic E-state index is 12.7. The van der Waals surface area contributed by atoms with E-state index in [2.05, 4.69) is 35.9 Å². The van der Waals surface area contributed by atoms with E-state index >= 15 is 0 Å². The molecule has 0 amide bonds. The van der Waals surface area contributed by atoms with Crippen molar-refractivity contribution in [3.05, 3.63) is 47.9 Å². The second-order valence-corrected chi connectivity index (χ2v) is 12.9. The number of para-hydroxylation sites is 1. The summed E-state index contributed by atoms with van der Waals surface area (Å²) in [5, 5.41) is 15.5. The fourth-order valence-electron chi connectivity index (χ4n) is 4.54. The van der Waals surface area contributed by atoms with Crippen LogP contribution in [-0.2, 0) is 4.57 Å². The molecule has 2 fully saturated rings. The van der Waals surface area contributed by atoms with E-state index in [-0.39, 0.29) is 0 Å². The van der Waals surface area contributed by atoms with Crippen LogP contribution in [0.15, 0.2) is 42.9 Å². The van der Waals surface area contributed by atoms with Gasteiger partial charge in [0, 0.05) is 43.7 Å². The predicted octanol–water partition coefficient (Wildman–Crippen LogP) is 3.67. The molecule has 3 heterocycles. The predicted molar refractivity (Wildman–Crippen MR) is 138 cm³/mol. The molecule has 0 radical (unpaired) electrons. The largest absolute Gasteiger partial charge is 0.338 e. The molecule has 0 atom stereocenters. The van der Waals surface area contributed by atoms with Gasteiger partial charge in [0.1, 0.15) is 12.2 Å². The van der Waals surface area contributed by atoms with Crippen LogP contribution in [0.4, 0.5) is 23.1 Å². The third-order valence-electron chi connectivity index (χ3n) is 6.47. The summed E-state index contributed by atoms with van der Waals surface area (Å²) < 4.78 is 14.7. The van der Waals surface area contributed by atoms with Gasteiger partial charge in [-0.15, -0.1) is 0 Å². The van der Waals surface area contributed by atoms with E-state index in [0.29, 0.717) is 28.9 Å². The van der Waals surface area contributed by atoms with Crippen molar-refractivity contribution in [2.24, 2.45) is 0 Å². The minimum atomic E-state index is -2.47. The third-order valence-corrected chi connectivity index (χ3v) is 8.30. The first-order valence-electron chi connectivity index (χ1n) is 11.6. The first kappa shape index (κ1) is 23.3. The Kier molecular flexibility index (Phi) is 6.62. The number of benzene rings is 1. The van der Waals surface area contributed by atoms with E-state index in [1.165, 1.54) is 0 Å². The summed E-state index contributed by atoms with van der Waals surface area (Å²) in [5.74, 6) is 0.859. The monoisotopic (exact) mass is 500 g/mol. The summed E-state index contributed by atoms with van der Waals surface area (Å²) in [7, 11) is -2.47. The third kappa shape index (κ3) is 5.13. The van der Waals surface area contributed by atoms with Crippen LogP contribution in [0.1, 0.15) is 18.9 Å². The van der Waals surface area contributed by atoms with Gasteiger partial charge in [-0.1, -0.05) is 23.7 Å². The highest BCUT2D eigenvalue weighted by atomic mass is 35.5. The molecule has 2 aliphatic rings. The molecule has 2 aromatic heterocycles. The minimum absolute atomic E-state index is 0.381. The van der Waals surface area contributed by atoms with E-state index in [0.717, 1.165) is 55.7 Å². The average molecular weight is 501 g/mol. The molecule has 3 N–H and O–H groups in total. The quantitative estimate of drug-likeness (QED) is 0.423. The highest BCUT2D eigenvalue weighted by Crippen LogP contribution is 2.39. The molecule has 0 unspecified atom stereocenters. The number of hydrogen-bond acceptors (Lipinski definition) is 8. The fraction of sp³-hybridized carbons (Fsp3) is 0.435. The van der Waals surface area contributed by atoms with Crippen LogP contribution in [0, 0.1) is 0 Å². The van der Waals surface area contributed by atoms with Gasteiger partial charge >= 0.3 is 0 Å². The molecular weight excluding hydrogens is 471 g/mol. The van der Waals surface area contributed by atoms with Gasteiger partial charge in [-0.05, 0) is 38.3 Å². The Bertz CT molecular complexity index is 1200. The van der Waals surface area contributed by atoms with Gasteiger partial charge in [-0.3, -0.25) is 9.58 Å². The molecule has 1 saturated carbocycles. The molecule has 34 heavy (non-hydrogen) atoms. The highest BCUT2D eigenvalue weighted by Gasteiger charge is 2.35. The number of nitrogens with one attached hydrogen (secondary N) is 3. The second-order valence-electron chi connectivity index (χ2n) is 9.28. The number of aromatic nitrogens is 4. The minimum Gasteiger partial charge on any atom is -0.338 e. The number of halogens is 1. The molecule has 180 valence electrons. The van der Waals surface area contributed by atoms with E-state index in [9.17, 15) is 4.57 Å². The van der Waals surface area contributed by atoms with Crippen LogP contribution >= 0.6 is 18.7 Å². The molecular formula is C23H30ClN8OP. The van der Waals surface area contributed by atoms with Crippen molar-refractivity contribution >= 4 is 47.2 Å². The van der Waals surface area contributed by atoms with Crippen molar-refractivity contribution in [1.82, 2.24) is 30.0 Å². The number of piperazine rings is 1. The molecule has 5 rings (SSSR count). The van der Waals surface area contributed by atoms with Gasteiger partial charge in [0.15, 0.2) is 5.82 Å². The molecule has 0 spiro atoms. The number of hydrogen-bond donors (Lipinski definition) is 3. The highest BCUT2D eigenvalue weighted by molar-refractivity contribution is 7.70. The van der Waals surface area contributed by atoms with Gasteiger partial charge in [-0.2, -0.15) is 10.1 Å². The normalized spacial score (nSPS) is 21.1. The zero-order chi connectivity index (χ0) is 23.7. The van der Waals surface area contributed by atoms with Crippen LogP contribution in [0.25, 0.3) is 0 Å². The summed E-state index contributed by atoms with van der Waals surface area (Å²) >= 11 is 6.36. The lowest BCUT2D eigenvalue weighted by atomic mass is 9.85. The van der Waals surface area contributed by atoms with Gasteiger partial charge in [0.2, 0.25) is 5.95 Å². The van der Waals surface area contributed by atoms with Crippen LogP contribution in [-0.4, -0.2) is 70.2 Å². The Morgan fingerprint density at radius 2 is 1.85 bits per heavy atom. The lowest BCUT2D eigenvalue weighted by molar-refractivity contribution is 0.0674. The summed E-state index contributed by atoms with van der Waals surface area (Å²) in [6.45, 7) is 7.91. The van der Waals surface area contributed by atoms with E-state index in [1.807, 2.05) is 35.1 Å². The SMILES string of the molecule is CP(C)(=O)c1ccccc1Nc1nc(Nc2cnn(C3CC(N4CCNCC4)C3)c2)ncc1Cl. The van der Waals surface area contributed by atoms with Crippen molar-refractivity contribution < 1.29 is 4.57 Å². The number of rotatable bonds is 7. The number of nitrogens with zero attached hydrogens (tertiary/aromatic N) is 5. The van der Waals surface area contributed by atoms with E-state index in [1.54, 1.807) is 25.7 Å². The molecule has 11 heteroatoms. The Morgan fingerprint density at radius 3 is 2.62 bits per heavy atom. The zero-order valence-corrected chi connectivity index (χ0v) is 21.1. The van der Waals surface area contributed by atoms with Crippen molar-refractivity contribution in [3.63, 3.8) is 0 Å². The zero-order valence-electron chi connectivity index (χ0n) is 19.4. The smallest absolute Gasteiger partial charge is 0.229 e. The van der Waals surface area contributed by atoms with Crippen LogP contribution in [0.5, 0.6) is 0 Å². The van der Waals surface area contributed by atoms with Crippen molar-refractivity contribution in [3.8, 4) is 0 Å². The Morgan fingerprint density at radius 1 is 1.09 bits per heavy atom. The Balaban J connectivity index is 1.25. The molecule has 0 bridgehead atoms. The topological polar surface area (TPSA) is 100 Å². The van der Waals surface area contributed by atoms with Gasteiger partial charge < -0.3 is 20.5 Å². The average Bonchev–Trinajstić information content (AvgIpc) is 3.23. The summed E-state index contributed by atoms with van der Waals surface area (Å²) in [5.41, 5.74) is 1.55. The lowest BCUT2D eigenvalue weighted by Gasteiger charge is -2.44.